The standard InChI is InChI=1S/C10H23NO.C4H8O/c1-7(2)11(8(3)4)9(5)10(6)12;1-3-4(2)5-3/h7-10,12H,1-6H3;3-4H,1-2H3. The minimum absolute atomic E-state index is 0.241. The number of aliphatic hydroxyl groups excluding tert-OH is 1. The van der Waals surface area contributed by atoms with Gasteiger partial charge in [0.1, 0.15) is 0 Å². The smallest absolute Gasteiger partial charge is 0.0811 e. The van der Waals surface area contributed by atoms with Crippen LogP contribution < -0.4 is 0 Å². The lowest BCUT2D eigenvalue weighted by Gasteiger charge is -2.37. The molecule has 0 radical (unpaired) electrons. The Hall–Kier alpha value is -0.120. The minimum Gasteiger partial charge on any atom is -0.392 e. The molecule has 0 saturated carbocycles. The van der Waals surface area contributed by atoms with Gasteiger partial charge >= 0.3 is 0 Å². The van der Waals surface area contributed by atoms with Gasteiger partial charge in [-0.3, -0.25) is 4.90 Å². The van der Waals surface area contributed by atoms with E-state index in [2.05, 4.69) is 53.4 Å². The number of rotatable bonds is 4. The van der Waals surface area contributed by atoms with E-state index in [-0.39, 0.29) is 12.1 Å². The lowest BCUT2D eigenvalue weighted by molar-refractivity contribution is 0.0314. The fourth-order valence-electron chi connectivity index (χ4n) is 2.08. The second-order valence-corrected chi connectivity index (χ2v) is 5.66. The Labute approximate surface area is 107 Å². The monoisotopic (exact) mass is 245 g/mol. The topological polar surface area (TPSA) is 36.0 Å². The van der Waals surface area contributed by atoms with Crippen LogP contribution in [-0.2, 0) is 4.74 Å². The molecule has 1 N–H and O–H groups in total. The van der Waals surface area contributed by atoms with Crippen LogP contribution in [0.25, 0.3) is 0 Å². The van der Waals surface area contributed by atoms with Gasteiger partial charge in [0.15, 0.2) is 0 Å². The van der Waals surface area contributed by atoms with Crippen molar-refractivity contribution in [2.45, 2.75) is 91.8 Å². The number of hydrogen-bond acceptors (Lipinski definition) is 3. The Bertz CT molecular complexity index is 190. The molecule has 3 nitrogen and oxygen atoms in total. The van der Waals surface area contributed by atoms with E-state index in [0.717, 1.165) is 0 Å². The molecule has 0 bridgehead atoms. The third kappa shape index (κ3) is 6.39. The van der Waals surface area contributed by atoms with Crippen LogP contribution in [-0.4, -0.2) is 46.4 Å². The maximum absolute atomic E-state index is 9.45. The molecule has 1 saturated heterocycles. The first-order chi connectivity index (χ1) is 7.68. The number of nitrogens with zero attached hydrogens (tertiary/aromatic N) is 1. The first-order valence-corrected chi connectivity index (χ1v) is 6.79. The molecule has 1 aliphatic rings. The van der Waals surface area contributed by atoms with Crippen LogP contribution in [0.3, 0.4) is 0 Å². The molecule has 4 unspecified atom stereocenters. The van der Waals surface area contributed by atoms with Gasteiger partial charge < -0.3 is 9.84 Å². The number of aliphatic hydroxyl groups is 1. The van der Waals surface area contributed by atoms with Gasteiger partial charge in [-0.2, -0.15) is 0 Å². The Balaban J connectivity index is 0.000000419. The normalized spacial score (nSPS) is 26.8. The van der Waals surface area contributed by atoms with E-state index < -0.39 is 0 Å². The maximum Gasteiger partial charge on any atom is 0.0811 e. The Kier molecular flexibility index (Phi) is 7.29. The molecule has 0 aromatic heterocycles. The first kappa shape index (κ1) is 16.9. The third-order valence-corrected chi connectivity index (χ3v) is 3.37. The Morgan fingerprint density at radius 3 is 1.24 bits per heavy atom. The summed E-state index contributed by atoms with van der Waals surface area (Å²) in [5.41, 5.74) is 0. The highest BCUT2D eigenvalue weighted by atomic mass is 16.6. The second kappa shape index (κ2) is 7.34. The highest BCUT2D eigenvalue weighted by molar-refractivity contribution is 4.77. The minimum atomic E-state index is -0.255. The Morgan fingerprint density at radius 2 is 1.18 bits per heavy atom. The summed E-state index contributed by atoms with van der Waals surface area (Å²) in [6.07, 6.45) is 0.847. The molecular formula is C14H31NO2. The number of epoxide rings is 1. The van der Waals surface area contributed by atoms with Crippen molar-refractivity contribution >= 4 is 0 Å². The molecule has 1 fully saturated rings. The van der Waals surface area contributed by atoms with Crippen LogP contribution in [0.4, 0.5) is 0 Å². The van der Waals surface area contributed by atoms with Gasteiger partial charge in [-0.25, -0.2) is 0 Å². The van der Waals surface area contributed by atoms with Crippen LogP contribution in [0, 0.1) is 0 Å². The molecule has 104 valence electrons. The van der Waals surface area contributed by atoms with Crippen molar-refractivity contribution in [3.63, 3.8) is 0 Å². The lowest BCUT2D eigenvalue weighted by Crippen LogP contribution is -2.48. The average Bonchev–Trinajstić information content (AvgIpc) is 2.78. The first-order valence-electron chi connectivity index (χ1n) is 6.79. The van der Waals surface area contributed by atoms with Crippen molar-refractivity contribution in [3.8, 4) is 0 Å². The van der Waals surface area contributed by atoms with E-state index in [1.165, 1.54) is 0 Å². The van der Waals surface area contributed by atoms with E-state index >= 15 is 0 Å². The fourth-order valence-corrected chi connectivity index (χ4v) is 2.08. The van der Waals surface area contributed by atoms with Gasteiger partial charge in [-0.15, -0.1) is 0 Å². The molecule has 1 heterocycles. The highest BCUT2D eigenvalue weighted by Crippen LogP contribution is 2.18. The summed E-state index contributed by atoms with van der Waals surface area (Å²) in [6, 6.07) is 1.23. The lowest BCUT2D eigenvalue weighted by atomic mass is 10.1. The SMILES string of the molecule is CC(O)C(C)N(C(C)C)C(C)C.CC1OC1C. The summed E-state index contributed by atoms with van der Waals surface area (Å²) in [7, 11) is 0. The number of hydrogen-bond donors (Lipinski definition) is 1. The molecule has 0 aliphatic carbocycles. The fraction of sp³-hybridized carbons (Fsp3) is 1.00. The van der Waals surface area contributed by atoms with Crippen LogP contribution >= 0.6 is 0 Å². The quantitative estimate of drug-likeness (QED) is 0.774. The molecule has 4 atom stereocenters. The zero-order chi connectivity index (χ0) is 13.7. The molecule has 17 heavy (non-hydrogen) atoms. The van der Waals surface area contributed by atoms with Gasteiger partial charge in [-0.1, -0.05) is 0 Å². The van der Waals surface area contributed by atoms with Crippen LogP contribution in [0.2, 0.25) is 0 Å². The van der Waals surface area contributed by atoms with Gasteiger partial charge in [0.25, 0.3) is 0 Å². The van der Waals surface area contributed by atoms with Crippen LogP contribution in [0.5, 0.6) is 0 Å². The van der Waals surface area contributed by atoms with Crippen molar-refractivity contribution in [1.82, 2.24) is 4.90 Å². The van der Waals surface area contributed by atoms with Crippen molar-refractivity contribution in [2.75, 3.05) is 0 Å². The van der Waals surface area contributed by atoms with Gasteiger partial charge in [-0.05, 0) is 55.4 Å². The summed E-state index contributed by atoms with van der Waals surface area (Å²) in [5, 5.41) is 9.45. The van der Waals surface area contributed by atoms with Gasteiger partial charge in [0.2, 0.25) is 0 Å². The molecule has 0 aromatic rings. The zero-order valence-corrected chi connectivity index (χ0v) is 12.8. The highest BCUT2D eigenvalue weighted by Gasteiger charge is 2.27. The third-order valence-electron chi connectivity index (χ3n) is 3.37. The molecular weight excluding hydrogens is 214 g/mol. The largest absolute Gasteiger partial charge is 0.392 e. The van der Waals surface area contributed by atoms with Crippen molar-refractivity contribution in [3.05, 3.63) is 0 Å². The van der Waals surface area contributed by atoms with Crippen molar-refractivity contribution in [1.29, 1.82) is 0 Å². The van der Waals surface area contributed by atoms with Crippen molar-refractivity contribution < 1.29 is 9.84 Å². The van der Waals surface area contributed by atoms with Gasteiger partial charge in [0.05, 0.1) is 18.3 Å². The Morgan fingerprint density at radius 1 is 0.882 bits per heavy atom. The number of ether oxygens (including phenoxy) is 1. The maximum atomic E-state index is 9.45. The van der Waals surface area contributed by atoms with E-state index in [9.17, 15) is 5.11 Å². The van der Waals surface area contributed by atoms with Crippen LogP contribution in [0.1, 0.15) is 55.4 Å². The summed E-state index contributed by atoms with van der Waals surface area (Å²) >= 11 is 0. The molecule has 0 aromatic carbocycles. The molecule has 1 rings (SSSR count). The van der Waals surface area contributed by atoms with Crippen LogP contribution in [0.15, 0.2) is 0 Å². The summed E-state index contributed by atoms with van der Waals surface area (Å²) < 4.78 is 4.92. The molecule has 3 heteroatoms. The van der Waals surface area contributed by atoms with E-state index in [0.29, 0.717) is 24.3 Å². The summed E-state index contributed by atoms with van der Waals surface area (Å²) in [4.78, 5) is 2.32. The molecule has 0 amide bonds. The van der Waals surface area contributed by atoms with E-state index in [1.807, 2.05) is 6.92 Å². The van der Waals surface area contributed by atoms with Gasteiger partial charge in [0, 0.05) is 18.1 Å². The van der Waals surface area contributed by atoms with Crippen molar-refractivity contribution in [2.24, 2.45) is 0 Å². The zero-order valence-electron chi connectivity index (χ0n) is 12.8. The molecule has 1 aliphatic heterocycles. The summed E-state index contributed by atoms with van der Waals surface area (Å²) in [5.74, 6) is 0. The summed E-state index contributed by atoms with van der Waals surface area (Å²) in [6.45, 7) is 16.7. The second-order valence-electron chi connectivity index (χ2n) is 5.66. The van der Waals surface area contributed by atoms with E-state index in [1.54, 1.807) is 0 Å². The molecule has 0 spiro atoms. The average molecular weight is 245 g/mol. The van der Waals surface area contributed by atoms with E-state index in [4.69, 9.17) is 4.74 Å². The predicted octanol–water partition coefficient (Wildman–Crippen LogP) is 2.67. The predicted molar refractivity (Wildman–Crippen MR) is 73.3 cm³/mol.